The number of ether oxygens (including phenoxy) is 3. The van der Waals surface area contributed by atoms with E-state index in [4.69, 9.17) is 14.2 Å². The highest BCUT2D eigenvalue weighted by atomic mass is 79.9. The summed E-state index contributed by atoms with van der Waals surface area (Å²) in [5, 5.41) is 0. The molecule has 28 heavy (non-hydrogen) atoms. The standard InChI is InChI=1S/C22H25BrN2O3/c1-3-11-28-22-20(23)14-17(15-21(22)27-4-2)16-24-18-5-7-19(8-6-18)25-9-12-26-13-10-25/h3,5-8,14-16H,1,4,9-13H2,2H3. The lowest BCUT2D eigenvalue weighted by atomic mass is 10.2. The van der Waals surface area contributed by atoms with E-state index in [1.165, 1.54) is 5.69 Å². The van der Waals surface area contributed by atoms with Gasteiger partial charge in [0.25, 0.3) is 0 Å². The zero-order valence-corrected chi connectivity index (χ0v) is 17.7. The summed E-state index contributed by atoms with van der Waals surface area (Å²) in [7, 11) is 0. The molecule has 1 heterocycles. The van der Waals surface area contributed by atoms with E-state index in [0.29, 0.717) is 24.7 Å². The van der Waals surface area contributed by atoms with Crippen LogP contribution in [0.4, 0.5) is 11.4 Å². The van der Waals surface area contributed by atoms with E-state index in [1.54, 1.807) is 6.08 Å². The van der Waals surface area contributed by atoms with Crippen LogP contribution in [0.15, 0.2) is 58.5 Å². The van der Waals surface area contributed by atoms with Crippen LogP contribution in [0.2, 0.25) is 0 Å². The van der Waals surface area contributed by atoms with Crippen LogP contribution in [0.5, 0.6) is 11.5 Å². The highest BCUT2D eigenvalue weighted by Crippen LogP contribution is 2.36. The lowest BCUT2D eigenvalue weighted by Gasteiger charge is -2.28. The average Bonchev–Trinajstić information content (AvgIpc) is 2.73. The number of nitrogens with zero attached hydrogens (tertiary/aromatic N) is 2. The predicted octanol–water partition coefficient (Wildman–Crippen LogP) is 5.00. The van der Waals surface area contributed by atoms with E-state index in [1.807, 2.05) is 37.4 Å². The molecule has 0 aromatic heterocycles. The Balaban J connectivity index is 1.74. The summed E-state index contributed by atoms with van der Waals surface area (Å²) in [6, 6.07) is 12.2. The van der Waals surface area contributed by atoms with E-state index in [9.17, 15) is 0 Å². The van der Waals surface area contributed by atoms with E-state index < -0.39 is 0 Å². The highest BCUT2D eigenvalue weighted by Gasteiger charge is 2.12. The van der Waals surface area contributed by atoms with Gasteiger partial charge in [0.2, 0.25) is 0 Å². The van der Waals surface area contributed by atoms with Crippen LogP contribution in [0.1, 0.15) is 12.5 Å². The Morgan fingerprint density at radius 2 is 1.93 bits per heavy atom. The maximum atomic E-state index is 5.72. The summed E-state index contributed by atoms with van der Waals surface area (Å²) in [4.78, 5) is 6.92. The number of hydrogen-bond acceptors (Lipinski definition) is 5. The van der Waals surface area contributed by atoms with Crippen LogP contribution in [0.25, 0.3) is 0 Å². The number of aliphatic imine (C=N–C) groups is 1. The molecule has 148 valence electrons. The van der Waals surface area contributed by atoms with Gasteiger partial charge in [0.05, 0.1) is 30.0 Å². The van der Waals surface area contributed by atoms with Crippen molar-refractivity contribution in [2.45, 2.75) is 6.92 Å². The molecule has 0 unspecified atom stereocenters. The lowest BCUT2D eigenvalue weighted by molar-refractivity contribution is 0.122. The highest BCUT2D eigenvalue weighted by molar-refractivity contribution is 9.10. The molecule has 6 heteroatoms. The first-order valence-electron chi connectivity index (χ1n) is 9.38. The molecule has 0 atom stereocenters. The second-order valence-corrected chi connectivity index (χ2v) is 7.09. The first-order valence-corrected chi connectivity index (χ1v) is 10.2. The molecular formula is C22H25BrN2O3. The molecule has 1 saturated heterocycles. The number of benzene rings is 2. The van der Waals surface area contributed by atoms with Gasteiger partial charge in [-0.05, 0) is 64.8 Å². The zero-order valence-electron chi connectivity index (χ0n) is 16.1. The average molecular weight is 445 g/mol. The Bertz CT molecular complexity index is 815. The van der Waals surface area contributed by atoms with Gasteiger partial charge in [0.15, 0.2) is 11.5 Å². The molecule has 1 aliphatic rings. The van der Waals surface area contributed by atoms with Gasteiger partial charge in [-0.15, -0.1) is 0 Å². The van der Waals surface area contributed by atoms with Crippen molar-refractivity contribution >= 4 is 33.5 Å². The monoisotopic (exact) mass is 444 g/mol. The molecule has 0 spiro atoms. The lowest BCUT2D eigenvalue weighted by Crippen LogP contribution is -2.36. The van der Waals surface area contributed by atoms with Crippen molar-refractivity contribution in [2.75, 3.05) is 44.4 Å². The van der Waals surface area contributed by atoms with Gasteiger partial charge in [0.1, 0.15) is 6.61 Å². The minimum atomic E-state index is 0.418. The summed E-state index contributed by atoms with van der Waals surface area (Å²) in [5.74, 6) is 1.36. The smallest absolute Gasteiger partial charge is 0.175 e. The molecule has 0 aliphatic carbocycles. The Hall–Kier alpha value is -2.31. The molecule has 1 fully saturated rings. The van der Waals surface area contributed by atoms with Crippen molar-refractivity contribution in [3.8, 4) is 11.5 Å². The maximum absolute atomic E-state index is 5.72. The Morgan fingerprint density at radius 1 is 1.18 bits per heavy atom. The minimum absolute atomic E-state index is 0.418. The summed E-state index contributed by atoms with van der Waals surface area (Å²) in [6.45, 7) is 10.0. The van der Waals surface area contributed by atoms with E-state index in [2.05, 4.69) is 44.5 Å². The second kappa shape index (κ2) is 10.3. The fraction of sp³-hybridized carbons (Fsp3) is 0.318. The third-order valence-corrected chi connectivity index (χ3v) is 4.85. The first kappa shape index (κ1) is 20.4. The third-order valence-electron chi connectivity index (χ3n) is 4.27. The topological polar surface area (TPSA) is 43.3 Å². The first-order chi connectivity index (χ1) is 13.7. The van der Waals surface area contributed by atoms with Gasteiger partial charge < -0.3 is 19.1 Å². The van der Waals surface area contributed by atoms with Crippen molar-refractivity contribution in [3.63, 3.8) is 0 Å². The fourth-order valence-corrected chi connectivity index (χ4v) is 3.50. The molecule has 0 amide bonds. The van der Waals surface area contributed by atoms with Gasteiger partial charge in [-0.3, -0.25) is 4.99 Å². The van der Waals surface area contributed by atoms with Crippen LogP contribution >= 0.6 is 15.9 Å². The molecule has 3 rings (SSSR count). The van der Waals surface area contributed by atoms with Crippen LogP contribution in [0.3, 0.4) is 0 Å². The van der Waals surface area contributed by atoms with E-state index in [0.717, 1.165) is 42.0 Å². The quantitative estimate of drug-likeness (QED) is 0.424. The van der Waals surface area contributed by atoms with Crippen molar-refractivity contribution in [2.24, 2.45) is 4.99 Å². The number of hydrogen-bond donors (Lipinski definition) is 0. The SMILES string of the molecule is C=CCOc1c(Br)cc(C=Nc2ccc(N3CCOCC3)cc2)cc1OCC. The number of anilines is 1. The van der Waals surface area contributed by atoms with Crippen LogP contribution in [-0.4, -0.2) is 45.7 Å². The maximum Gasteiger partial charge on any atom is 0.175 e. The largest absolute Gasteiger partial charge is 0.490 e. The van der Waals surface area contributed by atoms with Crippen LogP contribution in [0, 0.1) is 0 Å². The van der Waals surface area contributed by atoms with Gasteiger partial charge >= 0.3 is 0 Å². The van der Waals surface area contributed by atoms with Gasteiger partial charge in [-0.2, -0.15) is 0 Å². The Labute approximate surface area is 174 Å². The zero-order chi connectivity index (χ0) is 19.8. The fourth-order valence-electron chi connectivity index (χ4n) is 2.93. The summed E-state index contributed by atoms with van der Waals surface area (Å²) in [5.41, 5.74) is 3.03. The molecule has 0 saturated carbocycles. The van der Waals surface area contributed by atoms with Crippen LogP contribution < -0.4 is 14.4 Å². The Morgan fingerprint density at radius 3 is 2.61 bits per heavy atom. The van der Waals surface area contributed by atoms with Gasteiger partial charge in [0, 0.05) is 25.0 Å². The molecule has 0 bridgehead atoms. The molecule has 0 radical (unpaired) electrons. The van der Waals surface area contributed by atoms with Crippen molar-refractivity contribution in [1.82, 2.24) is 0 Å². The second-order valence-electron chi connectivity index (χ2n) is 6.24. The van der Waals surface area contributed by atoms with Gasteiger partial charge in [-0.1, -0.05) is 12.7 Å². The molecule has 5 nitrogen and oxygen atoms in total. The van der Waals surface area contributed by atoms with E-state index >= 15 is 0 Å². The molecule has 1 aliphatic heterocycles. The molecular weight excluding hydrogens is 420 g/mol. The number of morpholine rings is 1. The summed E-state index contributed by atoms with van der Waals surface area (Å²) in [6.07, 6.45) is 3.53. The summed E-state index contributed by atoms with van der Waals surface area (Å²) >= 11 is 3.56. The van der Waals surface area contributed by atoms with Crippen LogP contribution in [-0.2, 0) is 4.74 Å². The normalized spacial score (nSPS) is 14.3. The third kappa shape index (κ3) is 5.36. The molecule has 2 aromatic rings. The van der Waals surface area contributed by atoms with E-state index in [-0.39, 0.29) is 0 Å². The van der Waals surface area contributed by atoms with Crippen molar-refractivity contribution < 1.29 is 14.2 Å². The Kier molecular flexibility index (Phi) is 7.51. The molecule has 2 aromatic carbocycles. The molecule has 0 N–H and O–H groups in total. The van der Waals surface area contributed by atoms with Crippen molar-refractivity contribution in [1.29, 1.82) is 0 Å². The van der Waals surface area contributed by atoms with Crippen molar-refractivity contribution in [3.05, 3.63) is 59.1 Å². The minimum Gasteiger partial charge on any atom is -0.490 e. The number of halogens is 1. The summed E-state index contributed by atoms with van der Waals surface area (Å²) < 4.78 is 17.7. The number of rotatable bonds is 8. The predicted molar refractivity (Wildman–Crippen MR) is 118 cm³/mol. The van der Waals surface area contributed by atoms with Gasteiger partial charge in [-0.25, -0.2) is 0 Å².